The fourth-order valence-electron chi connectivity index (χ4n) is 2.86. The van der Waals surface area contributed by atoms with Crippen LogP contribution in [0.25, 0.3) is 11.2 Å². The summed E-state index contributed by atoms with van der Waals surface area (Å²) in [7, 11) is 0. The minimum absolute atomic E-state index is 0.731. The van der Waals surface area contributed by atoms with Crippen LogP contribution in [-0.2, 0) is 0 Å². The quantitative estimate of drug-likeness (QED) is 0.770. The maximum atomic E-state index is 4.45. The molecule has 1 aliphatic heterocycles. The van der Waals surface area contributed by atoms with Crippen molar-refractivity contribution in [3.63, 3.8) is 0 Å². The first-order valence-corrected chi connectivity index (χ1v) is 7.39. The lowest BCUT2D eigenvalue weighted by atomic mass is 10.3. The van der Waals surface area contributed by atoms with Gasteiger partial charge in [-0.25, -0.2) is 19.9 Å². The highest BCUT2D eigenvalue weighted by Crippen LogP contribution is 2.23. The third-order valence-electron chi connectivity index (χ3n) is 3.94. The normalized spacial score (nSPS) is 15.5. The van der Waals surface area contributed by atoms with Gasteiger partial charge in [0.2, 0.25) is 0 Å². The van der Waals surface area contributed by atoms with Crippen LogP contribution in [0.1, 0.15) is 5.82 Å². The Labute approximate surface area is 128 Å². The van der Waals surface area contributed by atoms with Gasteiger partial charge in [0, 0.05) is 32.4 Å². The maximum absolute atomic E-state index is 4.45. The molecular weight excluding hydrogens is 278 g/mol. The first-order valence-electron chi connectivity index (χ1n) is 7.39. The first kappa shape index (κ1) is 13.0. The van der Waals surface area contributed by atoms with Crippen molar-refractivity contribution in [2.45, 2.75) is 6.92 Å². The zero-order valence-corrected chi connectivity index (χ0v) is 12.4. The fraction of sp³-hybridized carbons (Fsp3) is 0.333. The summed E-state index contributed by atoms with van der Waals surface area (Å²) in [4.78, 5) is 25.3. The number of anilines is 2. The van der Waals surface area contributed by atoms with E-state index in [4.69, 9.17) is 0 Å². The summed E-state index contributed by atoms with van der Waals surface area (Å²) < 4.78 is 0. The number of hydrogen-bond donors (Lipinski definition) is 1. The molecule has 7 nitrogen and oxygen atoms in total. The number of pyridine rings is 1. The molecule has 0 bridgehead atoms. The lowest BCUT2D eigenvalue weighted by molar-refractivity contribution is 0.642. The Morgan fingerprint density at radius 2 is 1.82 bits per heavy atom. The molecule has 0 unspecified atom stereocenters. The summed E-state index contributed by atoms with van der Waals surface area (Å²) in [5.74, 6) is 2.84. The van der Waals surface area contributed by atoms with Crippen molar-refractivity contribution in [2.24, 2.45) is 0 Å². The zero-order chi connectivity index (χ0) is 14.9. The van der Waals surface area contributed by atoms with Gasteiger partial charge in [0.15, 0.2) is 11.5 Å². The lowest BCUT2D eigenvalue weighted by Crippen LogP contribution is -2.47. The Balaban J connectivity index is 1.56. The molecule has 0 aliphatic carbocycles. The van der Waals surface area contributed by atoms with Crippen LogP contribution in [0.2, 0.25) is 0 Å². The number of hydrogen-bond acceptors (Lipinski definition) is 6. The number of aryl methyl sites for hydroxylation is 1. The summed E-state index contributed by atoms with van der Waals surface area (Å²) in [5.41, 5.74) is 1.65. The summed E-state index contributed by atoms with van der Waals surface area (Å²) in [6.45, 7) is 5.59. The van der Waals surface area contributed by atoms with Crippen LogP contribution in [0.5, 0.6) is 0 Å². The molecule has 4 rings (SSSR count). The van der Waals surface area contributed by atoms with Crippen molar-refractivity contribution in [3.05, 3.63) is 36.5 Å². The third-order valence-corrected chi connectivity index (χ3v) is 3.94. The number of rotatable bonds is 2. The van der Waals surface area contributed by atoms with E-state index in [0.717, 1.165) is 54.8 Å². The second-order valence-electron chi connectivity index (χ2n) is 5.38. The lowest BCUT2D eigenvalue weighted by Gasteiger charge is -2.36. The molecule has 22 heavy (non-hydrogen) atoms. The van der Waals surface area contributed by atoms with Crippen LogP contribution >= 0.6 is 0 Å². The SMILES string of the molecule is Cc1nc2ncnc(N3CCN(c4ccccn4)CC3)c2[nH]1. The average molecular weight is 295 g/mol. The number of nitrogens with one attached hydrogen (secondary N) is 1. The van der Waals surface area contributed by atoms with Gasteiger partial charge < -0.3 is 14.8 Å². The predicted molar refractivity (Wildman–Crippen MR) is 85.1 cm³/mol. The van der Waals surface area contributed by atoms with Crippen molar-refractivity contribution in [1.82, 2.24) is 24.9 Å². The number of aromatic nitrogens is 5. The largest absolute Gasteiger partial charge is 0.353 e. The molecule has 112 valence electrons. The van der Waals surface area contributed by atoms with E-state index in [9.17, 15) is 0 Å². The highest BCUT2D eigenvalue weighted by Gasteiger charge is 2.21. The van der Waals surface area contributed by atoms with E-state index >= 15 is 0 Å². The van der Waals surface area contributed by atoms with Crippen LogP contribution < -0.4 is 9.80 Å². The molecule has 0 aromatic carbocycles. The van der Waals surface area contributed by atoms with E-state index in [-0.39, 0.29) is 0 Å². The van der Waals surface area contributed by atoms with Gasteiger partial charge in [-0.2, -0.15) is 0 Å². The summed E-state index contributed by atoms with van der Waals surface area (Å²) in [6.07, 6.45) is 3.42. The van der Waals surface area contributed by atoms with E-state index in [1.807, 2.05) is 25.3 Å². The Morgan fingerprint density at radius 1 is 1.00 bits per heavy atom. The predicted octanol–water partition coefficient (Wildman–Crippen LogP) is 1.38. The van der Waals surface area contributed by atoms with Crippen molar-refractivity contribution in [2.75, 3.05) is 36.0 Å². The molecule has 0 radical (unpaired) electrons. The van der Waals surface area contributed by atoms with Gasteiger partial charge in [0.05, 0.1) is 0 Å². The Kier molecular flexibility index (Phi) is 3.10. The van der Waals surface area contributed by atoms with Gasteiger partial charge in [-0.05, 0) is 19.1 Å². The molecule has 1 N–H and O–H groups in total. The highest BCUT2D eigenvalue weighted by atomic mass is 15.3. The molecule has 0 atom stereocenters. The minimum Gasteiger partial charge on any atom is -0.353 e. The van der Waals surface area contributed by atoms with Crippen LogP contribution in [0.4, 0.5) is 11.6 Å². The van der Waals surface area contributed by atoms with Crippen molar-refractivity contribution < 1.29 is 0 Å². The number of nitrogens with zero attached hydrogens (tertiary/aromatic N) is 6. The van der Waals surface area contributed by atoms with Crippen molar-refractivity contribution in [1.29, 1.82) is 0 Å². The number of aromatic amines is 1. The topological polar surface area (TPSA) is 73.8 Å². The molecule has 1 fully saturated rings. The summed E-state index contributed by atoms with van der Waals surface area (Å²) in [5, 5.41) is 0. The Hall–Kier alpha value is -2.70. The minimum atomic E-state index is 0.731. The summed E-state index contributed by atoms with van der Waals surface area (Å²) >= 11 is 0. The van der Waals surface area contributed by atoms with Gasteiger partial charge in [-0.15, -0.1) is 0 Å². The first-order chi connectivity index (χ1) is 10.8. The molecule has 3 aromatic rings. The van der Waals surface area contributed by atoms with Crippen LogP contribution in [0, 0.1) is 6.92 Å². The number of imidazole rings is 1. The van der Waals surface area contributed by atoms with E-state index in [1.165, 1.54) is 0 Å². The molecule has 1 aliphatic rings. The van der Waals surface area contributed by atoms with Crippen molar-refractivity contribution in [3.8, 4) is 0 Å². The molecule has 0 spiro atoms. The van der Waals surface area contributed by atoms with E-state index < -0.39 is 0 Å². The second kappa shape index (κ2) is 5.25. The molecule has 3 aromatic heterocycles. The maximum Gasteiger partial charge on any atom is 0.183 e. The second-order valence-corrected chi connectivity index (χ2v) is 5.38. The van der Waals surface area contributed by atoms with Gasteiger partial charge in [-0.3, -0.25) is 0 Å². The highest BCUT2D eigenvalue weighted by molar-refractivity contribution is 5.83. The number of H-pyrrole nitrogens is 1. The monoisotopic (exact) mass is 295 g/mol. The van der Waals surface area contributed by atoms with E-state index in [1.54, 1.807) is 6.33 Å². The van der Waals surface area contributed by atoms with Gasteiger partial charge >= 0.3 is 0 Å². The molecule has 4 heterocycles. The summed E-state index contributed by atoms with van der Waals surface area (Å²) in [6, 6.07) is 6.02. The number of piperazine rings is 1. The third kappa shape index (κ3) is 2.24. The van der Waals surface area contributed by atoms with Crippen LogP contribution in [-0.4, -0.2) is 51.1 Å². The smallest absolute Gasteiger partial charge is 0.183 e. The number of fused-ring (bicyclic) bond motifs is 1. The van der Waals surface area contributed by atoms with Crippen LogP contribution in [0.15, 0.2) is 30.7 Å². The van der Waals surface area contributed by atoms with Crippen LogP contribution in [0.3, 0.4) is 0 Å². The standard InChI is InChI=1S/C15H17N7/c1-11-19-13-14(20-11)17-10-18-15(13)22-8-6-21(7-9-22)12-4-2-3-5-16-12/h2-5,10H,6-9H2,1H3,(H,17,18,19,20). The van der Waals surface area contributed by atoms with Gasteiger partial charge in [-0.1, -0.05) is 6.07 Å². The molecular formula is C15H17N7. The van der Waals surface area contributed by atoms with Gasteiger partial charge in [0.25, 0.3) is 0 Å². The molecule has 7 heteroatoms. The van der Waals surface area contributed by atoms with E-state index in [0.29, 0.717) is 0 Å². The molecule has 1 saturated heterocycles. The zero-order valence-electron chi connectivity index (χ0n) is 12.4. The van der Waals surface area contributed by atoms with Gasteiger partial charge in [0.1, 0.15) is 23.5 Å². The van der Waals surface area contributed by atoms with E-state index in [2.05, 4.69) is 40.8 Å². The fourth-order valence-corrected chi connectivity index (χ4v) is 2.86. The Bertz CT molecular complexity index is 775. The molecule has 0 saturated carbocycles. The van der Waals surface area contributed by atoms with Crippen molar-refractivity contribution >= 4 is 22.8 Å². The molecule has 0 amide bonds. The Morgan fingerprint density at radius 3 is 2.59 bits per heavy atom. The average Bonchev–Trinajstić information content (AvgIpc) is 2.96.